The van der Waals surface area contributed by atoms with Crippen molar-refractivity contribution in [1.29, 1.82) is 0 Å². The number of nitrogens with zero attached hydrogens (tertiary/aromatic N) is 4. The molecule has 1 amide bonds. The number of piperazine rings is 1. The van der Waals surface area contributed by atoms with Crippen LogP contribution in [0.15, 0.2) is 84.0 Å². The molecule has 0 unspecified atom stereocenters. The molecule has 5 nitrogen and oxygen atoms in total. The summed E-state index contributed by atoms with van der Waals surface area (Å²) in [5, 5.41) is 6.35. The Hall–Kier alpha value is -3.35. The van der Waals surface area contributed by atoms with Crippen LogP contribution in [-0.2, 0) is 11.3 Å². The molecule has 1 atom stereocenters. The predicted molar refractivity (Wildman–Crippen MR) is 136 cm³/mol. The monoisotopic (exact) mass is 470 g/mol. The first kappa shape index (κ1) is 23.4. The average Bonchev–Trinajstić information content (AvgIpc) is 3.32. The Morgan fingerprint density at radius 3 is 2.40 bits per heavy atom. The van der Waals surface area contributed by atoms with Gasteiger partial charge in [0, 0.05) is 39.1 Å². The molecule has 2 aliphatic heterocycles. The maximum absolute atomic E-state index is 14.0. The van der Waals surface area contributed by atoms with Gasteiger partial charge in [-0.3, -0.25) is 14.6 Å². The Bertz CT molecular complexity index is 1200. The first-order chi connectivity index (χ1) is 17.0. The number of carbonyl (C=O) groups is 1. The second kappa shape index (κ2) is 10.5. The summed E-state index contributed by atoms with van der Waals surface area (Å²) < 4.78 is 14.0. The van der Waals surface area contributed by atoms with Crippen LogP contribution in [0.25, 0.3) is 0 Å². The highest BCUT2D eigenvalue weighted by Gasteiger charge is 2.34. The molecule has 0 spiro atoms. The first-order valence-corrected chi connectivity index (χ1v) is 12.3. The third-order valence-corrected chi connectivity index (χ3v) is 6.82. The van der Waals surface area contributed by atoms with E-state index in [9.17, 15) is 9.18 Å². The molecule has 2 aliphatic rings. The summed E-state index contributed by atoms with van der Waals surface area (Å²) in [4.78, 5) is 18.1. The van der Waals surface area contributed by atoms with E-state index < -0.39 is 0 Å². The molecule has 0 saturated carbocycles. The van der Waals surface area contributed by atoms with Crippen molar-refractivity contribution in [1.82, 2.24) is 14.8 Å². The van der Waals surface area contributed by atoms with Gasteiger partial charge in [0.05, 0.1) is 18.3 Å². The second-order valence-corrected chi connectivity index (χ2v) is 9.47. The third-order valence-electron chi connectivity index (χ3n) is 6.82. The van der Waals surface area contributed by atoms with Crippen molar-refractivity contribution in [2.75, 3.05) is 32.7 Å². The Morgan fingerprint density at radius 2 is 1.66 bits per heavy atom. The summed E-state index contributed by atoms with van der Waals surface area (Å²) in [6, 6.07) is 24.9. The van der Waals surface area contributed by atoms with Crippen LogP contribution >= 0.6 is 0 Å². The van der Waals surface area contributed by atoms with Crippen molar-refractivity contribution in [3.05, 3.63) is 107 Å². The lowest BCUT2D eigenvalue weighted by Crippen LogP contribution is -2.49. The van der Waals surface area contributed by atoms with Gasteiger partial charge < -0.3 is 0 Å². The van der Waals surface area contributed by atoms with E-state index in [0.29, 0.717) is 13.0 Å². The van der Waals surface area contributed by atoms with E-state index in [-0.39, 0.29) is 17.8 Å². The molecule has 0 N–H and O–H groups in total. The van der Waals surface area contributed by atoms with E-state index in [1.807, 2.05) is 37.3 Å². The molecule has 2 heterocycles. The molecule has 0 bridgehead atoms. The van der Waals surface area contributed by atoms with Crippen molar-refractivity contribution >= 4 is 11.6 Å². The summed E-state index contributed by atoms with van der Waals surface area (Å²) in [5.74, 6) is -0.341. The summed E-state index contributed by atoms with van der Waals surface area (Å²) in [5.41, 5.74) is 5.10. The smallest absolute Gasteiger partial charge is 0.257 e. The molecule has 0 aromatic heterocycles. The normalized spacial score (nSPS) is 19.1. The Labute approximate surface area is 206 Å². The van der Waals surface area contributed by atoms with Crippen molar-refractivity contribution in [3.8, 4) is 0 Å². The fraction of sp³-hybridized carbons (Fsp3) is 0.310. The van der Waals surface area contributed by atoms with Crippen LogP contribution in [0.1, 0.15) is 34.7 Å². The molecule has 0 aliphatic carbocycles. The zero-order valence-corrected chi connectivity index (χ0v) is 20.1. The summed E-state index contributed by atoms with van der Waals surface area (Å²) in [6.07, 6.45) is 0.573. The van der Waals surface area contributed by atoms with Gasteiger partial charge in [-0.2, -0.15) is 5.10 Å². The van der Waals surface area contributed by atoms with Gasteiger partial charge in [0.25, 0.3) is 5.91 Å². The molecule has 6 heteroatoms. The summed E-state index contributed by atoms with van der Waals surface area (Å²) >= 11 is 0. The minimum atomic E-state index is -0.298. The maximum atomic E-state index is 14.0. The third kappa shape index (κ3) is 5.66. The second-order valence-electron chi connectivity index (χ2n) is 9.47. The number of halogens is 1. The predicted octanol–water partition coefficient (Wildman–Crippen LogP) is 4.63. The van der Waals surface area contributed by atoms with E-state index in [0.717, 1.165) is 55.1 Å². The molecular formula is C29H31FN4O. The van der Waals surface area contributed by atoms with Gasteiger partial charge in [0.1, 0.15) is 5.82 Å². The van der Waals surface area contributed by atoms with Crippen molar-refractivity contribution in [3.63, 3.8) is 0 Å². The number of hydrazone groups is 1. The number of carbonyl (C=O) groups excluding carboxylic acids is 1. The largest absolute Gasteiger partial charge is 0.297 e. The lowest BCUT2D eigenvalue weighted by molar-refractivity contribution is -0.134. The van der Waals surface area contributed by atoms with Gasteiger partial charge in [-0.05, 0) is 35.7 Å². The lowest BCUT2D eigenvalue weighted by Gasteiger charge is -2.35. The van der Waals surface area contributed by atoms with Gasteiger partial charge in [0.15, 0.2) is 0 Å². The van der Waals surface area contributed by atoms with Gasteiger partial charge in [-0.15, -0.1) is 0 Å². The highest BCUT2D eigenvalue weighted by Crippen LogP contribution is 2.33. The van der Waals surface area contributed by atoms with E-state index in [1.54, 1.807) is 11.1 Å². The van der Waals surface area contributed by atoms with Crippen molar-refractivity contribution in [2.24, 2.45) is 5.10 Å². The van der Waals surface area contributed by atoms with Gasteiger partial charge >= 0.3 is 0 Å². The highest BCUT2D eigenvalue weighted by atomic mass is 19.1. The maximum Gasteiger partial charge on any atom is 0.257 e. The molecule has 5 rings (SSSR count). The minimum absolute atomic E-state index is 0.0431. The number of hydrogen-bond acceptors (Lipinski definition) is 4. The SMILES string of the molecule is Cc1cccc(C2=NN(C(=O)CN3CCN(Cc4ccccc4)CC3)[C@H](c3cccc(F)c3)C2)c1. The summed E-state index contributed by atoms with van der Waals surface area (Å²) in [7, 11) is 0. The Kier molecular flexibility index (Phi) is 7.02. The molecular weight excluding hydrogens is 439 g/mol. The molecule has 3 aromatic rings. The topological polar surface area (TPSA) is 39.2 Å². The average molecular weight is 471 g/mol. The number of amides is 1. The van der Waals surface area contributed by atoms with Crippen molar-refractivity contribution < 1.29 is 9.18 Å². The van der Waals surface area contributed by atoms with Crippen molar-refractivity contribution in [2.45, 2.75) is 25.9 Å². The van der Waals surface area contributed by atoms with Gasteiger partial charge in [-0.25, -0.2) is 9.40 Å². The standard InChI is InChI=1S/C29H31FN4O/c1-22-7-5-10-24(17-22)27-19-28(25-11-6-12-26(30)18-25)34(31-27)29(35)21-33-15-13-32(14-16-33)20-23-8-3-2-4-9-23/h2-12,17-18,28H,13-16,19-21H2,1H3/t28-/m0/s1. The van der Waals surface area contributed by atoms with Crippen LogP contribution in [-0.4, -0.2) is 59.2 Å². The summed E-state index contributed by atoms with van der Waals surface area (Å²) in [6.45, 7) is 6.82. The number of hydrogen-bond donors (Lipinski definition) is 0. The van der Waals surface area contributed by atoms with E-state index in [2.05, 4.69) is 40.1 Å². The van der Waals surface area contributed by atoms with E-state index in [4.69, 9.17) is 5.10 Å². The molecule has 1 fully saturated rings. The van der Waals surface area contributed by atoms with Crippen LogP contribution in [0.4, 0.5) is 4.39 Å². The van der Waals surface area contributed by atoms with Crippen LogP contribution in [0.2, 0.25) is 0 Å². The lowest BCUT2D eigenvalue weighted by atomic mass is 9.97. The zero-order valence-electron chi connectivity index (χ0n) is 20.1. The fourth-order valence-corrected chi connectivity index (χ4v) is 4.92. The van der Waals surface area contributed by atoms with E-state index in [1.165, 1.54) is 17.7 Å². The minimum Gasteiger partial charge on any atom is -0.297 e. The molecule has 3 aromatic carbocycles. The zero-order chi connectivity index (χ0) is 24.2. The molecule has 1 saturated heterocycles. The molecule has 180 valence electrons. The van der Waals surface area contributed by atoms with E-state index >= 15 is 0 Å². The highest BCUT2D eigenvalue weighted by molar-refractivity contribution is 6.03. The number of aryl methyl sites for hydroxylation is 1. The number of rotatable bonds is 6. The van der Waals surface area contributed by atoms with Crippen LogP contribution in [0.3, 0.4) is 0 Å². The molecule has 35 heavy (non-hydrogen) atoms. The molecule has 0 radical (unpaired) electrons. The van der Waals surface area contributed by atoms with Crippen LogP contribution in [0.5, 0.6) is 0 Å². The Morgan fingerprint density at radius 1 is 0.914 bits per heavy atom. The van der Waals surface area contributed by atoms with Gasteiger partial charge in [0.2, 0.25) is 0 Å². The Balaban J connectivity index is 1.28. The van der Waals surface area contributed by atoms with Crippen LogP contribution < -0.4 is 0 Å². The number of benzene rings is 3. The van der Waals surface area contributed by atoms with Crippen LogP contribution in [0, 0.1) is 12.7 Å². The quantitative estimate of drug-likeness (QED) is 0.527. The van der Waals surface area contributed by atoms with Gasteiger partial charge in [-0.1, -0.05) is 72.3 Å². The fourth-order valence-electron chi connectivity index (χ4n) is 4.92. The first-order valence-electron chi connectivity index (χ1n) is 12.3.